The number of rotatable bonds is 8. The van der Waals surface area contributed by atoms with Crippen LogP contribution in [0.25, 0.3) is 0 Å². The van der Waals surface area contributed by atoms with Gasteiger partial charge < -0.3 is 14.5 Å². The normalized spacial score (nSPS) is 11.1. The lowest BCUT2D eigenvalue weighted by Crippen LogP contribution is -2.12. The van der Waals surface area contributed by atoms with Crippen molar-refractivity contribution in [1.29, 1.82) is 0 Å². The Labute approximate surface area is 137 Å². The van der Waals surface area contributed by atoms with E-state index in [0.29, 0.717) is 47.1 Å². The highest BCUT2D eigenvalue weighted by Gasteiger charge is 2.08. The third-order valence-corrected chi connectivity index (χ3v) is 3.87. The summed E-state index contributed by atoms with van der Waals surface area (Å²) in [6.07, 6.45) is 0. The molecule has 2 aromatic rings. The summed E-state index contributed by atoms with van der Waals surface area (Å²) in [7, 11) is 1.59. The number of ether oxygens (including phenoxy) is 1. The Hall–Kier alpha value is -1.24. The van der Waals surface area contributed by atoms with Gasteiger partial charge in [0.05, 0.1) is 19.4 Å². The van der Waals surface area contributed by atoms with Crippen LogP contribution in [0, 0.1) is 0 Å². The molecule has 2 rings (SSSR count). The Kier molecular flexibility index (Phi) is 6.54. The number of alkyl halides is 2. The molecule has 0 spiro atoms. The molecule has 1 N–H and O–H groups in total. The largest absolute Gasteiger partial charge is 0.496 e. The summed E-state index contributed by atoms with van der Waals surface area (Å²) in [6, 6.07) is 8.95. The van der Waals surface area contributed by atoms with Crippen LogP contribution in [-0.4, -0.2) is 12.9 Å². The molecule has 0 saturated carbocycles. The number of benzene rings is 1. The van der Waals surface area contributed by atoms with Crippen LogP contribution in [0.15, 0.2) is 34.7 Å². The number of methoxy groups -OCH3 is 1. The van der Waals surface area contributed by atoms with E-state index in [2.05, 4.69) is 5.32 Å². The standard InChI is InChI=1S/C15H16ClF2NO2S/c1-20-14-6-11(16)3-2-10(14)7-19-8-12-4-5-13(21-12)9-22-15(17)18/h2-6,15,19H,7-9H2,1H3. The van der Waals surface area contributed by atoms with Crippen molar-refractivity contribution >= 4 is 23.4 Å². The molecular weight excluding hydrogens is 332 g/mol. The third-order valence-electron chi connectivity index (χ3n) is 2.93. The van der Waals surface area contributed by atoms with E-state index in [1.54, 1.807) is 31.4 Å². The van der Waals surface area contributed by atoms with Crippen LogP contribution in [0.5, 0.6) is 5.75 Å². The number of furan rings is 1. The number of nitrogens with one attached hydrogen (secondary N) is 1. The summed E-state index contributed by atoms with van der Waals surface area (Å²) in [4.78, 5) is 0. The van der Waals surface area contributed by atoms with Crippen molar-refractivity contribution in [3.63, 3.8) is 0 Å². The van der Waals surface area contributed by atoms with E-state index in [4.69, 9.17) is 20.8 Å². The van der Waals surface area contributed by atoms with E-state index in [1.165, 1.54) is 0 Å². The Morgan fingerprint density at radius 3 is 2.73 bits per heavy atom. The molecule has 0 unspecified atom stereocenters. The van der Waals surface area contributed by atoms with Crippen LogP contribution < -0.4 is 10.1 Å². The molecule has 22 heavy (non-hydrogen) atoms. The van der Waals surface area contributed by atoms with Crippen molar-refractivity contribution in [2.24, 2.45) is 0 Å². The van der Waals surface area contributed by atoms with Gasteiger partial charge in [-0.3, -0.25) is 0 Å². The van der Waals surface area contributed by atoms with Gasteiger partial charge in [0.15, 0.2) is 0 Å². The molecule has 0 aliphatic heterocycles. The molecule has 0 fully saturated rings. The van der Waals surface area contributed by atoms with Gasteiger partial charge in [-0.1, -0.05) is 29.4 Å². The van der Waals surface area contributed by atoms with Crippen LogP contribution in [0.4, 0.5) is 8.78 Å². The van der Waals surface area contributed by atoms with Gasteiger partial charge in [0.2, 0.25) is 0 Å². The molecule has 0 amide bonds. The lowest BCUT2D eigenvalue weighted by Gasteiger charge is -2.09. The summed E-state index contributed by atoms with van der Waals surface area (Å²) in [5, 5.41) is 3.84. The van der Waals surface area contributed by atoms with Gasteiger partial charge in [-0.05, 0) is 24.3 Å². The minimum Gasteiger partial charge on any atom is -0.496 e. The molecule has 7 heteroatoms. The lowest BCUT2D eigenvalue weighted by molar-refractivity contribution is 0.251. The molecule has 0 aliphatic carbocycles. The van der Waals surface area contributed by atoms with E-state index in [9.17, 15) is 8.78 Å². The molecule has 1 aromatic heterocycles. The molecule has 0 saturated heterocycles. The fourth-order valence-electron chi connectivity index (χ4n) is 1.92. The fourth-order valence-corrected chi connectivity index (χ4v) is 2.53. The van der Waals surface area contributed by atoms with Gasteiger partial charge in [-0.2, -0.15) is 8.78 Å². The summed E-state index contributed by atoms with van der Waals surface area (Å²) in [6.45, 7) is 1.09. The lowest BCUT2D eigenvalue weighted by atomic mass is 10.2. The fraction of sp³-hybridized carbons (Fsp3) is 0.333. The van der Waals surface area contributed by atoms with E-state index < -0.39 is 5.76 Å². The molecular formula is C15H16ClF2NO2S. The molecule has 0 bridgehead atoms. The first kappa shape index (κ1) is 17.1. The predicted molar refractivity (Wildman–Crippen MR) is 84.6 cm³/mol. The van der Waals surface area contributed by atoms with Gasteiger partial charge in [0.1, 0.15) is 17.3 Å². The minimum atomic E-state index is -2.39. The Balaban J connectivity index is 1.84. The molecule has 120 valence electrons. The van der Waals surface area contributed by atoms with Crippen LogP contribution in [0.2, 0.25) is 5.02 Å². The van der Waals surface area contributed by atoms with Gasteiger partial charge in [0.25, 0.3) is 5.76 Å². The van der Waals surface area contributed by atoms with Crippen molar-refractivity contribution in [1.82, 2.24) is 5.32 Å². The smallest absolute Gasteiger partial charge is 0.284 e. The summed E-state index contributed by atoms with van der Waals surface area (Å²) in [5.41, 5.74) is 0.979. The van der Waals surface area contributed by atoms with Crippen molar-refractivity contribution < 1.29 is 17.9 Å². The zero-order chi connectivity index (χ0) is 15.9. The second-order valence-electron chi connectivity index (χ2n) is 4.50. The summed E-state index contributed by atoms with van der Waals surface area (Å²) in [5.74, 6) is -0.246. The minimum absolute atomic E-state index is 0.169. The highest BCUT2D eigenvalue weighted by atomic mass is 35.5. The Morgan fingerprint density at radius 1 is 1.23 bits per heavy atom. The Bertz CT molecular complexity index is 607. The average molecular weight is 348 g/mol. The molecule has 3 nitrogen and oxygen atoms in total. The van der Waals surface area contributed by atoms with Crippen LogP contribution in [0.3, 0.4) is 0 Å². The molecule has 0 atom stereocenters. The summed E-state index contributed by atoms with van der Waals surface area (Å²) >= 11 is 6.46. The first-order valence-corrected chi connectivity index (χ1v) is 8.01. The monoisotopic (exact) mass is 347 g/mol. The van der Waals surface area contributed by atoms with Crippen LogP contribution >= 0.6 is 23.4 Å². The predicted octanol–water partition coefficient (Wildman–Crippen LogP) is 4.69. The zero-order valence-electron chi connectivity index (χ0n) is 11.9. The maximum Gasteiger partial charge on any atom is 0.284 e. The van der Waals surface area contributed by atoms with Gasteiger partial charge in [-0.25, -0.2) is 0 Å². The topological polar surface area (TPSA) is 34.4 Å². The summed E-state index contributed by atoms with van der Waals surface area (Å²) < 4.78 is 35.0. The highest BCUT2D eigenvalue weighted by Crippen LogP contribution is 2.23. The SMILES string of the molecule is COc1cc(Cl)ccc1CNCc1ccc(CSC(F)F)o1. The second-order valence-corrected chi connectivity index (χ2v) is 5.91. The Morgan fingerprint density at radius 2 is 2.00 bits per heavy atom. The van der Waals surface area contributed by atoms with E-state index in [0.717, 1.165) is 5.56 Å². The maximum absolute atomic E-state index is 12.1. The van der Waals surface area contributed by atoms with Crippen molar-refractivity contribution in [2.45, 2.75) is 24.6 Å². The van der Waals surface area contributed by atoms with E-state index in [-0.39, 0.29) is 5.75 Å². The van der Waals surface area contributed by atoms with Crippen LogP contribution in [-0.2, 0) is 18.8 Å². The van der Waals surface area contributed by atoms with Crippen LogP contribution in [0.1, 0.15) is 17.1 Å². The first-order valence-electron chi connectivity index (χ1n) is 6.59. The van der Waals surface area contributed by atoms with Crippen molar-refractivity contribution in [3.05, 3.63) is 52.4 Å². The van der Waals surface area contributed by atoms with Gasteiger partial charge in [-0.15, -0.1) is 0 Å². The maximum atomic E-state index is 12.1. The van der Waals surface area contributed by atoms with E-state index >= 15 is 0 Å². The molecule has 1 aromatic carbocycles. The third kappa shape index (κ3) is 5.19. The van der Waals surface area contributed by atoms with Gasteiger partial charge in [0, 0.05) is 17.1 Å². The molecule has 0 radical (unpaired) electrons. The average Bonchev–Trinajstić information content (AvgIpc) is 2.94. The number of hydrogen-bond donors (Lipinski definition) is 1. The quantitative estimate of drug-likeness (QED) is 0.751. The number of hydrogen-bond acceptors (Lipinski definition) is 4. The molecule has 0 aliphatic rings. The highest BCUT2D eigenvalue weighted by molar-refractivity contribution is 7.98. The molecule has 1 heterocycles. The van der Waals surface area contributed by atoms with E-state index in [1.807, 2.05) is 6.07 Å². The second kappa shape index (κ2) is 8.41. The van der Waals surface area contributed by atoms with Gasteiger partial charge >= 0.3 is 0 Å². The zero-order valence-corrected chi connectivity index (χ0v) is 13.5. The number of halogens is 3. The van der Waals surface area contributed by atoms with Crippen molar-refractivity contribution in [3.8, 4) is 5.75 Å². The van der Waals surface area contributed by atoms with Crippen molar-refractivity contribution in [2.75, 3.05) is 7.11 Å². The number of thioether (sulfide) groups is 1. The first-order chi connectivity index (χ1) is 10.6.